The molecule has 1 aliphatic carbocycles. The molecular weight excluding hydrogens is 394 g/mol. The van der Waals surface area contributed by atoms with Crippen molar-refractivity contribution in [1.82, 2.24) is 4.90 Å². The Labute approximate surface area is 183 Å². The lowest BCUT2D eigenvalue weighted by molar-refractivity contribution is -0.0277. The van der Waals surface area contributed by atoms with Gasteiger partial charge in [0.1, 0.15) is 18.3 Å². The van der Waals surface area contributed by atoms with Crippen LogP contribution >= 0.6 is 0 Å². The number of carbonyl (C=O) groups is 1. The number of rotatable bonds is 6. The van der Waals surface area contributed by atoms with Crippen LogP contribution in [0, 0.1) is 0 Å². The highest BCUT2D eigenvalue weighted by molar-refractivity contribution is 5.91. The zero-order chi connectivity index (χ0) is 21.8. The Hall–Kier alpha value is -2.83. The molecule has 0 amide bonds. The van der Waals surface area contributed by atoms with Gasteiger partial charge in [0.2, 0.25) is 0 Å². The first-order chi connectivity index (χ1) is 14.9. The highest BCUT2D eigenvalue weighted by Gasteiger charge is 2.38. The van der Waals surface area contributed by atoms with Gasteiger partial charge in [-0.05, 0) is 62.8 Å². The van der Waals surface area contributed by atoms with Gasteiger partial charge >= 0.3 is 5.97 Å². The lowest BCUT2D eigenvalue weighted by Crippen LogP contribution is -2.42. The Kier molecular flexibility index (Phi) is 6.30. The Balaban J connectivity index is 1.48. The van der Waals surface area contributed by atoms with E-state index in [0.717, 1.165) is 37.8 Å². The van der Waals surface area contributed by atoms with Crippen LogP contribution in [-0.2, 0) is 0 Å². The molecule has 6 heteroatoms. The van der Waals surface area contributed by atoms with Gasteiger partial charge in [-0.15, -0.1) is 0 Å². The van der Waals surface area contributed by atoms with Crippen LogP contribution in [0.3, 0.4) is 0 Å². The van der Waals surface area contributed by atoms with E-state index < -0.39 is 11.6 Å². The summed E-state index contributed by atoms with van der Waals surface area (Å²) in [6.45, 7) is 0.765. The maximum Gasteiger partial charge on any atom is 0.343 e. The van der Waals surface area contributed by atoms with Crippen molar-refractivity contribution in [2.75, 3.05) is 20.6 Å². The highest BCUT2D eigenvalue weighted by Crippen LogP contribution is 2.40. The van der Waals surface area contributed by atoms with Crippen molar-refractivity contribution in [3.63, 3.8) is 0 Å². The molecule has 164 valence electrons. The van der Waals surface area contributed by atoms with Gasteiger partial charge in [-0.3, -0.25) is 0 Å². The first-order valence-corrected chi connectivity index (χ1v) is 10.8. The summed E-state index contributed by atoms with van der Waals surface area (Å²) in [6.07, 6.45) is 7.80. The standard InChI is InChI=1S/C25H29NO5/c1-26(2)17-21(25(28)12-4-3-5-13-25)18-6-9-20(10-7-18)31-24(27)19-8-11-22-23(16-19)30-15-14-29-22/h6-11,14-16,21,28H,3-5,12-13,17H2,1-2H3. The van der Waals surface area contributed by atoms with Gasteiger partial charge < -0.3 is 24.2 Å². The van der Waals surface area contributed by atoms with Gasteiger partial charge in [0, 0.05) is 12.5 Å². The fourth-order valence-electron chi connectivity index (χ4n) is 4.42. The van der Waals surface area contributed by atoms with Gasteiger partial charge in [0.05, 0.1) is 11.2 Å². The first kappa shape index (κ1) is 21.4. The van der Waals surface area contributed by atoms with Crippen LogP contribution in [0.15, 0.2) is 55.0 Å². The minimum atomic E-state index is -0.694. The van der Waals surface area contributed by atoms with E-state index in [1.807, 2.05) is 26.2 Å². The summed E-state index contributed by atoms with van der Waals surface area (Å²) in [7, 11) is 4.05. The Morgan fingerprint density at radius 1 is 1.03 bits per heavy atom. The summed E-state index contributed by atoms with van der Waals surface area (Å²) in [4.78, 5) is 14.7. The summed E-state index contributed by atoms with van der Waals surface area (Å²) in [5.74, 6) is 1.03. The molecule has 1 saturated carbocycles. The maximum atomic E-state index is 12.6. The molecule has 0 saturated heterocycles. The maximum absolute atomic E-state index is 12.6. The van der Waals surface area contributed by atoms with Gasteiger partial charge in [0.25, 0.3) is 0 Å². The summed E-state index contributed by atoms with van der Waals surface area (Å²) in [6, 6.07) is 12.4. The van der Waals surface area contributed by atoms with Crippen LogP contribution in [0.1, 0.15) is 53.9 Å². The van der Waals surface area contributed by atoms with E-state index in [1.54, 1.807) is 30.3 Å². The quantitative estimate of drug-likeness (QED) is 0.545. The smallest absolute Gasteiger partial charge is 0.343 e. The van der Waals surface area contributed by atoms with Crippen LogP contribution in [0.5, 0.6) is 17.2 Å². The zero-order valence-corrected chi connectivity index (χ0v) is 18.0. The minimum Gasteiger partial charge on any atom is -0.458 e. The van der Waals surface area contributed by atoms with Crippen LogP contribution in [0.4, 0.5) is 0 Å². The van der Waals surface area contributed by atoms with E-state index in [1.165, 1.54) is 18.9 Å². The lowest BCUT2D eigenvalue weighted by Gasteiger charge is -2.40. The molecule has 1 heterocycles. The Bertz CT molecular complexity index is 945. The second-order valence-electron chi connectivity index (χ2n) is 8.61. The molecule has 0 bridgehead atoms. The number of ether oxygens (including phenoxy) is 3. The third-order valence-corrected chi connectivity index (χ3v) is 6.03. The number of likely N-dealkylation sites (N-methyl/N-ethyl adjacent to an activating group) is 1. The highest BCUT2D eigenvalue weighted by atomic mass is 16.5. The first-order valence-electron chi connectivity index (χ1n) is 10.8. The molecule has 6 nitrogen and oxygen atoms in total. The molecule has 1 N–H and O–H groups in total. The molecule has 1 atom stereocenters. The molecule has 31 heavy (non-hydrogen) atoms. The molecule has 0 aromatic heterocycles. The van der Waals surface area contributed by atoms with Crippen LogP contribution in [0.2, 0.25) is 0 Å². The average molecular weight is 424 g/mol. The Morgan fingerprint density at radius 2 is 1.71 bits per heavy atom. The van der Waals surface area contributed by atoms with E-state index in [-0.39, 0.29) is 5.92 Å². The van der Waals surface area contributed by atoms with Gasteiger partial charge in [-0.1, -0.05) is 31.4 Å². The lowest BCUT2D eigenvalue weighted by atomic mass is 9.72. The number of benzene rings is 2. The fourth-order valence-corrected chi connectivity index (χ4v) is 4.42. The van der Waals surface area contributed by atoms with Crippen molar-refractivity contribution in [1.29, 1.82) is 0 Å². The van der Waals surface area contributed by atoms with E-state index in [9.17, 15) is 9.90 Å². The molecule has 2 aliphatic rings. The van der Waals surface area contributed by atoms with Crippen LogP contribution in [-0.4, -0.2) is 42.2 Å². The number of carbonyl (C=O) groups excluding carboxylic acids is 1. The number of nitrogens with zero attached hydrogens (tertiary/aromatic N) is 1. The predicted octanol–water partition coefficient (Wildman–Crippen LogP) is 4.49. The number of aliphatic hydroxyl groups is 1. The Morgan fingerprint density at radius 3 is 2.39 bits per heavy atom. The van der Waals surface area contributed by atoms with E-state index in [0.29, 0.717) is 22.8 Å². The molecule has 0 spiro atoms. The molecule has 1 unspecified atom stereocenters. The molecule has 4 rings (SSSR count). The van der Waals surface area contributed by atoms with Crippen LogP contribution < -0.4 is 14.2 Å². The van der Waals surface area contributed by atoms with Gasteiger partial charge in [-0.2, -0.15) is 0 Å². The van der Waals surface area contributed by atoms with E-state index >= 15 is 0 Å². The second-order valence-corrected chi connectivity index (χ2v) is 8.61. The molecule has 2 aromatic rings. The molecular formula is C25H29NO5. The minimum absolute atomic E-state index is 0.0124. The number of esters is 1. The fraction of sp³-hybridized carbons (Fsp3) is 0.400. The van der Waals surface area contributed by atoms with Crippen molar-refractivity contribution in [3.05, 3.63) is 66.1 Å². The van der Waals surface area contributed by atoms with E-state index in [4.69, 9.17) is 14.2 Å². The molecule has 1 aliphatic heterocycles. The van der Waals surface area contributed by atoms with Crippen molar-refractivity contribution >= 4 is 5.97 Å². The SMILES string of the molecule is CN(C)CC(c1ccc(OC(=O)c2ccc3c(c2)OC=CO3)cc1)C1(O)CCCCC1. The molecule has 0 radical (unpaired) electrons. The van der Waals surface area contributed by atoms with Gasteiger partial charge in [-0.25, -0.2) is 4.79 Å². The molecule has 2 aromatic carbocycles. The van der Waals surface area contributed by atoms with Crippen molar-refractivity contribution in [2.45, 2.75) is 43.6 Å². The average Bonchev–Trinajstić information content (AvgIpc) is 2.78. The number of fused-ring (bicyclic) bond motifs is 1. The van der Waals surface area contributed by atoms with Crippen molar-refractivity contribution in [3.8, 4) is 17.2 Å². The van der Waals surface area contributed by atoms with E-state index in [2.05, 4.69) is 4.90 Å². The zero-order valence-electron chi connectivity index (χ0n) is 18.0. The normalized spacial score (nSPS) is 17.9. The summed E-state index contributed by atoms with van der Waals surface area (Å²) in [5, 5.41) is 11.4. The monoisotopic (exact) mass is 423 g/mol. The third kappa shape index (κ3) is 4.92. The number of hydrogen-bond donors (Lipinski definition) is 1. The van der Waals surface area contributed by atoms with Crippen molar-refractivity contribution < 1.29 is 24.1 Å². The van der Waals surface area contributed by atoms with Crippen molar-refractivity contribution in [2.24, 2.45) is 0 Å². The van der Waals surface area contributed by atoms with Gasteiger partial charge in [0.15, 0.2) is 11.5 Å². The van der Waals surface area contributed by atoms with Crippen LogP contribution in [0.25, 0.3) is 0 Å². The predicted molar refractivity (Wildman–Crippen MR) is 118 cm³/mol. The third-order valence-electron chi connectivity index (χ3n) is 6.03. The second kappa shape index (κ2) is 9.12. The topological polar surface area (TPSA) is 68.2 Å². The molecule has 1 fully saturated rings. The largest absolute Gasteiger partial charge is 0.458 e. The summed E-state index contributed by atoms with van der Waals surface area (Å²) < 4.78 is 16.2. The number of hydrogen-bond acceptors (Lipinski definition) is 6. The summed E-state index contributed by atoms with van der Waals surface area (Å²) >= 11 is 0. The summed E-state index contributed by atoms with van der Waals surface area (Å²) in [5.41, 5.74) is 0.744.